The zero-order valence-electron chi connectivity index (χ0n) is 11.8. The maximum Gasteiger partial charge on any atom is 0.337 e. The van der Waals surface area contributed by atoms with Crippen LogP contribution in [0.3, 0.4) is 0 Å². The van der Waals surface area contributed by atoms with E-state index in [-0.39, 0.29) is 5.97 Å². The highest BCUT2D eigenvalue weighted by Crippen LogP contribution is 2.18. The van der Waals surface area contributed by atoms with Crippen LogP contribution in [0, 0.1) is 12.3 Å². The summed E-state index contributed by atoms with van der Waals surface area (Å²) in [4.78, 5) is 13.8. The zero-order valence-corrected chi connectivity index (χ0v) is 11.8. The molecule has 106 valence electrons. The van der Waals surface area contributed by atoms with Crippen LogP contribution >= 0.6 is 0 Å². The van der Waals surface area contributed by atoms with E-state index in [1.807, 2.05) is 18.2 Å². The lowest BCUT2D eigenvalue weighted by Gasteiger charge is -2.31. The maximum atomic E-state index is 11.5. The normalized spacial score (nSPS) is 16.4. The Morgan fingerprint density at radius 2 is 2.25 bits per heavy atom. The average molecular weight is 272 g/mol. The fraction of sp³-hybridized carbons (Fsp3) is 0.438. The lowest BCUT2D eigenvalue weighted by atomic mass is 10.0. The van der Waals surface area contributed by atoms with Crippen LogP contribution < -0.4 is 5.32 Å². The summed E-state index contributed by atoms with van der Waals surface area (Å²) in [7, 11) is 1.39. The van der Waals surface area contributed by atoms with E-state index in [0.717, 1.165) is 38.2 Å². The molecule has 1 aromatic carbocycles. The number of nitrogens with one attached hydrogen (secondary N) is 1. The van der Waals surface area contributed by atoms with Gasteiger partial charge in [0.25, 0.3) is 0 Å². The van der Waals surface area contributed by atoms with Gasteiger partial charge in [0.15, 0.2) is 0 Å². The molecule has 1 fully saturated rings. The smallest absolute Gasteiger partial charge is 0.337 e. The van der Waals surface area contributed by atoms with Crippen molar-refractivity contribution >= 4 is 11.7 Å². The largest absolute Gasteiger partial charge is 0.465 e. The monoisotopic (exact) mass is 272 g/mol. The van der Waals surface area contributed by atoms with E-state index < -0.39 is 0 Å². The average Bonchev–Trinajstić information content (AvgIpc) is 2.49. The van der Waals surface area contributed by atoms with Gasteiger partial charge < -0.3 is 10.1 Å². The van der Waals surface area contributed by atoms with E-state index >= 15 is 0 Å². The fourth-order valence-electron chi connectivity index (χ4n) is 2.45. The van der Waals surface area contributed by atoms with Crippen LogP contribution in [0.2, 0.25) is 0 Å². The van der Waals surface area contributed by atoms with Crippen molar-refractivity contribution in [2.75, 3.05) is 32.1 Å². The van der Waals surface area contributed by atoms with Crippen LogP contribution in [0.1, 0.15) is 23.2 Å². The Morgan fingerprint density at radius 3 is 2.90 bits per heavy atom. The lowest BCUT2D eigenvalue weighted by molar-refractivity contribution is 0.0601. The van der Waals surface area contributed by atoms with E-state index in [1.54, 1.807) is 6.07 Å². The van der Waals surface area contributed by atoms with Crippen molar-refractivity contribution in [3.05, 3.63) is 29.8 Å². The first kappa shape index (κ1) is 14.4. The Kier molecular flexibility index (Phi) is 5.03. The molecule has 0 aliphatic carbocycles. The standard InChI is InChI=1S/C16H20N2O2/c1-3-9-18-10-7-14(8-11-18)17-15-6-4-5-13(12-15)16(19)20-2/h1,4-6,12,14,17H,7-11H2,2H3. The number of ether oxygens (including phenoxy) is 1. The number of carbonyl (C=O) groups excluding carboxylic acids is 1. The first-order chi connectivity index (χ1) is 9.72. The number of likely N-dealkylation sites (tertiary alicyclic amines) is 1. The second kappa shape index (κ2) is 6.97. The zero-order chi connectivity index (χ0) is 14.4. The van der Waals surface area contributed by atoms with Gasteiger partial charge in [0.2, 0.25) is 0 Å². The van der Waals surface area contributed by atoms with Crippen LogP contribution in [0.5, 0.6) is 0 Å². The second-order valence-corrected chi connectivity index (χ2v) is 4.97. The summed E-state index contributed by atoms with van der Waals surface area (Å²) in [6.45, 7) is 2.75. The van der Waals surface area contributed by atoms with Gasteiger partial charge in [-0.05, 0) is 31.0 Å². The highest BCUT2D eigenvalue weighted by molar-refractivity contribution is 5.90. The molecule has 1 saturated heterocycles. The molecule has 1 aliphatic rings. The summed E-state index contributed by atoms with van der Waals surface area (Å²) in [5.41, 5.74) is 1.53. The predicted octanol–water partition coefficient (Wildman–Crippen LogP) is 1.98. The highest BCUT2D eigenvalue weighted by Gasteiger charge is 2.18. The minimum absolute atomic E-state index is 0.308. The Balaban J connectivity index is 1.91. The number of esters is 1. The van der Waals surface area contributed by atoms with Gasteiger partial charge in [0.1, 0.15) is 0 Å². The molecule has 4 heteroatoms. The van der Waals surface area contributed by atoms with Gasteiger partial charge in [-0.3, -0.25) is 4.90 Å². The predicted molar refractivity (Wildman–Crippen MR) is 79.7 cm³/mol. The van der Waals surface area contributed by atoms with Crippen LogP contribution in [0.4, 0.5) is 5.69 Å². The van der Waals surface area contributed by atoms with E-state index in [2.05, 4.69) is 16.1 Å². The van der Waals surface area contributed by atoms with Gasteiger partial charge in [0, 0.05) is 24.8 Å². The van der Waals surface area contributed by atoms with E-state index in [9.17, 15) is 4.79 Å². The maximum absolute atomic E-state index is 11.5. The second-order valence-electron chi connectivity index (χ2n) is 4.97. The number of methoxy groups -OCH3 is 1. The molecule has 20 heavy (non-hydrogen) atoms. The van der Waals surface area contributed by atoms with Crippen molar-refractivity contribution < 1.29 is 9.53 Å². The summed E-state index contributed by atoms with van der Waals surface area (Å²) < 4.78 is 4.73. The number of terminal acetylenes is 1. The number of anilines is 1. The highest BCUT2D eigenvalue weighted by atomic mass is 16.5. The molecule has 0 radical (unpaired) electrons. The molecule has 2 rings (SSSR count). The summed E-state index contributed by atoms with van der Waals surface area (Å²) in [6.07, 6.45) is 7.44. The lowest BCUT2D eigenvalue weighted by Crippen LogP contribution is -2.39. The molecule has 0 atom stereocenters. The Labute approximate surface area is 120 Å². The van der Waals surface area contributed by atoms with Gasteiger partial charge in [-0.2, -0.15) is 0 Å². The number of carbonyl (C=O) groups is 1. The van der Waals surface area contributed by atoms with E-state index in [4.69, 9.17) is 11.2 Å². The number of nitrogens with zero attached hydrogens (tertiary/aromatic N) is 1. The van der Waals surface area contributed by atoms with Crippen LogP contribution in [0.15, 0.2) is 24.3 Å². The van der Waals surface area contributed by atoms with Gasteiger partial charge >= 0.3 is 5.97 Å². The van der Waals surface area contributed by atoms with Crippen molar-refractivity contribution in [1.29, 1.82) is 0 Å². The summed E-state index contributed by atoms with van der Waals surface area (Å²) in [6, 6.07) is 7.85. The minimum atomic E-state index is -0.308. The molecule has 0 saturated carbocycles. The van der Waals surface area contributed by atoms with Gasteiger partial charge in [-0.25, -0.2) is 4.79 Å². The summed E-state index contributed by atoms with van der Waals surface area (Å²) in [5, 5.41) is 3.48. The van der Waals surface area contributed by atoms with Crippen molar-refractivity contribution in [2.45, 2.75) is 18.9 Å². The SMILES string of the molecule is C#CCN1CCC(Nc2cccc(C(=O)OC)c2)CC1. The van der Waals surface area contributed by atoms with E-state index in [0.29, 0.717) is 11.6 Å². The third-order valence-electron chi connectivity index (χ3n) is 3.56. The van der Waals surface area contributed by atoms with Crippen LogP contribution in [-0.2, 0) is 4.74 Å². The van der Waals surface area contributed by atoms with Crippen molar-refractivity contribution in [1.82, 2.24) is 4.90 Å². The number of piperidine rings is 1. The summed E-state index contributed by atoms with van der Waals surface area (Å²) >= 11 is 0. The molecule has 0 unspecified atom stereocenters. The fourth-order valence-corrected chi connectivity index (χ4v) is 2.45. The van der Waals surface area contributed by atoms with Crippen molar-refractivity contribution in [2.24, 2.45) is 0 Å². The number of benzene rings is 1. The van der Waals surface area contributed by atoms with Crippen molar-refractivity contribution in [3.8, 4) is 12.3 Å². The Morgan fingerprint density at radius 1 is 1.50 bits per heavy atom. The van der Waals surface area contributed by atoms with Gasteiger partial charge in [-0.1, -0.05) is 12.0 Å². The van der Waals surface area contributed by atoms with Crippen molar-refractivity contribution in [3.63, 3.8) is 0 Å². The Hall–Kier alpha value is -1.99. The third kappa shape index (κ3) is 3.75. The molecule has 0 bridgehead atoms. The van der Waals surface area contributed by atoms with Crippen LogP contribution in [-0.4, -0.2) is 43.7 Å². The molecule has 1 aromatic rings. The Bertz CT molecular complexity index is 499. The molecule has 1 heterocycles. The number of rotatable bonds is 4. The topological polar surface area (TPSA) is 41.6 Å². The first-order valence-corrected chi connectivity index (χ1v) is 6.83. The minimum Gasteiger partial charge on any atom is -0.465 e. The molecule has 1 aliphatic heterocycles. The first-order valence-electron chi connectivity index (χ1n) is 6.83. The molecule has 4 nitrogen and oxygen atoms in total. The molecule has 0 amide bonds. The molecular weight excluding hydrogens is 252 g/mol. The van der Waals surface area contributed by atoms with Crippen LogP contribution in [0.25, 0.3) is 0 Å². The number of hydrogen-bond acceptors (Lipinski definition) is 4. The quantitative estimate of drug-likeness (QED) is 0.672. The molecule has 0 spiro atoms. The van der Waals surface area contributed by atoms with Gasteiger partial charge in [-0.15, -0.1) is 6.42 Å². The molecule has 0 aromatic heterocycles. The summed E-state index contributed by atoms with van der Waals surface area (Å²) in [5.74, 6) is 2.37. The van der Waals surface area contributed by atoms with Gasteiger partial charge in [0.05, 0.1) is 19.2 Å². The molecular formula is C16H20N2O2. The third-order valence-corrected chi connectivity index (χ3v) is 3.56. The van der Waals surface area contributed by atoms with E-state index in [1.165, 1.54) is 7.11 Å². The number of hydrogen-bond donors (Lipinski definition) is 1. The molecule has 1 N–H and O–H groups in total.